The van der Waals surface area contributed by atoms with Crippen molar-refractivity contribution in [1.29, 1.82) is 0 Å². The van der Waals surface area contributed by atoms with Crippen molar-refractivity contribution in [2.45, 2.75) is 25.1 Å². The van der Waals surface area contributed by atoms with Crippen LogP contribution in [0, 0.1) is 0 Å². The molecule has 0 aromatic heterocycles. The number of carbonyl (C=O) groups is 1. The summed E-state index contributed by atoms with van der Waals surface area (Å²) in [6, 6.07) is 16.2. The molecule has 2 heterocycles. The maximum Gasteiger partial charge on any atom is 0.258 e. The standard InChI is InChI=1S/C21H25N3O2/c1-23(2)17-9-7-16(8-10-17)15-24-13-11-21(12-14-24)22-20(25)18-5-3-4-6-19(18)26-21/h3-10H,11-15H2,1-2H3,(H,22,25). The lowest BCUT2D eigenvalue weighted by molar-refractivity contribution is -0.0304. The van der Waals surface area contributed by atoms with Crippen molar-refractivity contribution in [3.8, 4) is 5.75 Å². The Hall–Kier alpha value is -2.53. The first-order chi connectivity index (χ1) is 12.5. The lowest BCUT2D eigenvalue weighted by atomic mass is 9.96. The number of fused-ring (bicyclic) bond motifs is 1. The van der Waals surface area contributed by atoms with Gasteiger partial charge in [0.25, 0.3) is 5.91 Å². The van der Waals surface area contributed by atoms with E-state index in [0.717, 1.165) is 32.5 Å². The highest BCUT2D eigenvalue weighted by Gasteiger charge is 2.42. The van der Waals surface area contributed by atoms with E-state index in [1.807, 2.05) is 24.3 Å². The molecule has 4 rings (SSSR count). The Morgan fingerprint density at radius 2 is 1.77 bits per heavy atom. The summed E-state index contributed by atoms with van der Waals surface area (Å²) in [5.41, 5.74) is 2.59. The Bertz CT molecular complexity index is 793. The normalized spacial score (nSPS) is 18.8. The van der Waals surface area contributed by atoms with Gasteiger partial charge in [0.15, 0.2) is 5.72 Å². The van der Waals surface area contributed by atoms with Gasteiger partial charge in [0.05, 0.1) is 5.56 Å². The summed E-state index contributed by atoms with van der Waals surface area (Å²) < 4.78 is 6.21. The van der Waals surface area contributed by atoms with Crippen molar-refractivity contribution in [1.82, 2.24) is 10.2 Å². The summed E-state index contributed by atoms with van der Waals surface area (Å²) in [5, 5.41) is 3.10. The van der Waals surface area contributed by atoms with Crippen LogP contribution in [0.25, 0.3) is 0 Å². The predicted octanol–water partition coefficient (Wildman–Crippen LogP) is 2.87. The first-order valence-electron chi connectivity index (χ1n) is 9.14. The van der Waals surface area contributed by atoms with Crippen molar-refractivity contribution in [2.75, 3.05) is 32.1 Å². The van der Waals surface area contributed by atoms with Crippen molar-refractivity contribution in [3.05, 3.63) is 59.7 Å². The van der Waals surface area contributed by atoms with Gasteiger partial charge in [-0.2, -0.15) is 0 Å². The first kappa shape index (κ1) is 16.9. The molecule has 26 heavy (non-hydrogen) atoms. The molecular weight excluding hydrogens is 326 g/mol. The molecule has 1 spiro atoms. The SMILES string of the molecule is CN(C)c1ccc(CN2CCC3(CC2)NC(=O)c2ccccc2O3)cc1. The largest absolute Gasteiger partial charge is 0.467 e. The number of hydrogen-bond donors (Lipinski definition) is 1. The highest BCUT2D eigenvalue weighted by molar-refractivity contribution is 5.98. The molecule has 1 saturated heterocycles. The number of carbonyl (C=O) groups excluding carboxylic acids is 1. The molecule has 136 valence electrons. The lowest BCUT2D eigenvalue weighted by Crippen LogP contribution is -2.60. The van der Waals surface area contributed by atoms with Crippen LogP contribution in [0.5, 0.6) is 5.75 Å². The van der Waals surface area contributed by atoms with E-state index in [2.05, 4.69) is 53.5 Å². The topological polar surface area (TPSA) is 44.8 Å². The molecule has 1 amide bonds. The minimum absolute atomic E-state index is 0.0282. The Morgan fingerprint density at radius 3 is 2.46 bits per heavy atom. The van der Waals surface area contributed by atoms with Gasteiger partial charge in [-0.1, -0.05) is 24.3 Å². The Labute approximate surface area is 154 Å². The van der Waals surface area contributed by atoms with E-state index in [1.165, 1.54) is 11.3 Å². The number of benzene rings is 2. The van der Waals surface area contributed by atoms with Crippen molar-refractivity contribution < 1.29 is 9.53 Å². The first-order valence-corrected chi connectivity index (χ1v) is 9.14. The molecule has 2 aromatic carbocycles. The molecule has 1 N–H and O–H groups in total. The number of rotatable bonds is 3. The van der Waals surface area contributed by atoms with Gasteiger partial charge in [0.2, 0.25) is 0 Å². The number of hydrogen-bond acceptors (Lipinski definition) is 4. The average molecular weight is 351 g/mol. The van der Waals surface area contributed by atoms with Crippen LogP contribution >= 0.6 is 0 Å². The molecule has 0 atom stereocenters. The Balaban J connectivity index is 1.39. The molecule has 2 aliphatic rings. The molecule has 2 aromatic rings. The fourth-order valence-electron chi connectivity index (χ4n) is 3.71. The molecule has 0 unspecified atom stereocenters. The van der Waals surface area contributed by atoms with Gasteiger partial charge < -0.3 is 15.0 Å². The van der Waals surface area contributed by atoms with Crippen LogP contribution in [0.2, 0.25) is 0 Å². The van der Waals surface area contributed by atoms with Gasteiger partial charge in [-0.25, -0.2) is 0 Å². The maximum absolute atomic E-state index is 12.4. The van der Waals surface area contributed by atoms with Gasteiger partial charge in [0.1, 0.15) is 5.75 Å². The number of amides is 1. The van der Waals surface area contributed by atoms with Crippen molar-refractivity contribution >= 4 is 11.6 Å². The number of nitrogens with zero attached hydrogens (tertiary/aromatic N) is 2. The highest BCUT2D eigenvalue weighted by Crippen LogP contribution is 2.33. The van der Waals surface area contributed by atoms with Crippen molar-refractivity contribution in [3.63, 3.8) is 0 Å². The number of para-hydroxylation sites is 1. The second-order valence-electron chi connectivity index (χ2n) is 7.38. The van der Waals surface area contributed by atoms with E-state index in [1.54, 1.807) is 0 Å². The molecule has 0 aliphatic carbocycles. The fraction of sp³-hybridized carbons (Fsp3) is 0.381. The van der Waals surface area contributed by atoms with Gasteiger partial charge >= 0.3 is 0 Å². The summed E-state index contributed by atoms with van der Waals surface area (Å²) in [6.45, 7) is 2.73. The summed E-state index contributed by atoms with van der Waals surface area (Å²) in [4.78, 5) is 16.9. The minimum atomic E-state index is -0.559. The summed E-state index contributed by atoms with van der Waals surface area (Å²) in [7, 11) is 4.10. The molecule has 2 aliphatic heterocycles. The van der Waals surface area contributed by atoms with Gasteiger partial charge in [-0.05, 0) is 29.8 Å². The van der Waals surface area contributed by atoms with Crippen LogP contribution < -0.4 is 15.0 Å². The van der Waals surface area contributed by atoms with Crippen molar-refractivity contribution in [2.24, 2.45) is 0 Å². The summed E-state index contributed by atoms with van der Waals surface area (Å²) in [5.74, 6) is 0.670. The highest BCUT2D eigenvalue weighted by atomic mass is 16.5. The maximum atomic E-state index is 12.4. The molecule has 1 fully saturated rings. The van der Waals surface area contributed by atoms with E-state index < -0.39 is 5.72 Å². The fourth-order valence-corrected chi connectivity index (χ4v) is 3.71. The molecular formula is C21H25N3O2. The van der Waals surface area contributed by atoms with E-state index in [9.17, 15) is 4.79 Å². The zero-order chi connectivity index (χ0) is 18.1. The smallest absolute Gasteiger partial charge is 0.258 e. The third-order valence-electron chi connectivity index (χ3n) is 5.30. The molecule has 5 nitrogen and oxygen atoms in total. The van der Waals surface area contributed by atoms with Crippen LogP contribution in [0.1, 0.15) is 28.8 Å². The Morgan fingerprint density at radius 1 is 1.08 bits per heavy atom. The lowest BCUT2D eigenvalue weighted by Gasteiger charge is -2.44. The minimum Gasteiger partial charge on any atom is -0.467 e. The monoisotopic (exact) mass is 351 g/mol. The number of ether oxygens (including phenoxy) is 1. The van der Waals surface area contributed by atoms with Crippen LogP contribution in [0.3, 0.4) is 0 Å². The number of likely N-dealkylation sites (tertiary alicyclic amines) is 1. The van der Waals surface area contributed by atoms with Gasteiger partial charge in [0, 0.05) is 52.3 Å². The molecule has 0 saturated carbocycles. The third-order valence-corrected chi connectivity index (χ3v) is 5.30. The zero-order valence-corrected chi connectivity index (χ0v) is 15.4. The third kappa shape index (κ3) is 3.27. The summed E-state index contributed by atoms with van der Waals surface area (Å²) >= 11 is 0. The number of anilines is 1. The van der Waals surface area contributed by atoms with Crippen LogP contribution in [-0.4, -0.2) is 43.7 Å². The van der Waals surface area contributed by atoms with Crippen LogP contribution in [0.15, 0.2) is 48.5 Å². The second kappa shape index (κ2) is 6.65. The van der Waals surface area contributed by atoms with Crippen LogP contribution in [-0.2, 0) is 6.54 Å². The summed E-state index contributed by atoms with van der Waals surface area (Å²) in [6.07, 6.45) is 1.59. The molecule has 5 heteroatoms. The number of nitrogens with one attached hydrogen (secondary N) is 1. The van der Waals surface area contributed by atoms with Gasteiger partial charge in [-0.15, -0.1) is 0 Å². The average Bonchev–Trinajstić information content (AvgIpc) is 2.64. The molecule has 0 radical (unpaired) electrons. The number of piperidine rings is 1. The van der Waals surface area contributed by atoms with E-state index in [-0.39, 0.29) is 5.91 Å². The Kier molecular flexibility index (Phi) is 4.32. The van der Waals surface area contributed by atoms with E-state index in [0.29, 0.717) is 11.3 Å². The van der Waals surface area contributed by atoms with E-state index in [4.69, 9.17) is 4.74 Å². The second-order valence-corrected chi connectivity index (χ2v) is 7.38. The zero-order valence-electron chi connectivity index (χ0n) is 15.4. The quantitative estimate of drug-likeness (QED) is 0.924. The van der Waals surface area contributed by atoms with Crippen LogP contribution in [0.4, 0.5) is 5.69 Å². The van der Waals surface area contributed by atoms with E-state index >= 15 is 0 Å². The molecule has 0 bridgehead atoms. The predicted molar refractivity (Wildman–Crippen MR) is 103 cm³/mol. The van der Waals surface area contributed by atoms with Gasteiger partial charge in [-0.3, -0.25) is 9.69 Å².